The molecule has 0 saturated carbocycles. The normalized spacial score (nSPS) is 18.1. The summed E-state index contributed by atoms with van der Waals surface area (Å²) in [5.41, 5.74) is 2.34. The van der Waals surface area contributed by atoms with Gasteiger partial charge in [0.2, 0.25) is 0 Å². The predicted octanol–water partition coefficient (Wildman–Crippen LogP) is 3.29. The molecule has 1 aliphatic rings. The van der Waals surface area contributed by atoms with Crippen LogP contribution in [0.25, 0.3) is 0 Å². The van der Waals surface area contributed by atoms with Crippen molar-refractivity contribution < 1.29 is 4.74 Å². The molecule has 0 aromatic rings. The molecule has 0 bridgehead atoms. The summed E-state index contributed by atoms with van der Waals surface area (Å²) in [5.74, 6) is 0.974. The van der Waals surface area contributed by atoms with Gasteiger partial charge in [-0.15, -0.1) is 0 Å². The highest BCUT2D eigenvalue weighted by Crippen LogP contribution is 2.21. The van der Waals surface area contributed by atoms with Gasteiger partial charge in [0.25, 0.3) is 0 Å². The minimum Gasteiger partial charge on any atom is -0.501 e. The summed E-state index contributed by atoms with van der Waals surface area (Å²) in [6, 6.07) is 0.469. The van der Waals surface area contributed by atoms with E-state index in [9.17, 15) is 0 Å². The fraction of sp³-hybridized carbons (Fsp3) is 0.750. The fourth-order valence-corrected chi connectivity index (χ4v) is 2.39. The van der Waals surface area contributed by atoms with Crippen LogP contribution in [0.4, 0.5) is 0 Å². The molecule has 1 fully saturated rings. The first-order chi connectivity index (χ1) is 9.06. The first kappa shape index (κ1) is 16.1. The molecule has 0 aromatic carbocycles. The quantitative estimate of drug-likeness (QED) is 0.590. The number of allylic oxidation sites excluding steroid dienone is 1. The van der Waals surface area contributed by atoms with Crippen molar-refractivity contribution in [2.24, 2.45) is 0 Å². The van der Waals surface area contributed by atoms with Crippen molar-refractivity contribution in [1.82, 2.24) is 10.2 Å². The van der Waals surface area contributed by atoms with E-state index in [4.69, 9.17) is 4.74 Å². The summed E-state index contributed by atoms with van der Waals surface area (Å²) >= 11 is 0. The molecule has 0 aromatic heterocycles. The molecule has 3 nitrogen and oxygen atoms in total. The van der Waals surface area contributed by atoms with Crippen molar-refractivity contribution in [1.29, 1.82) is 0 Å². The molecule has 1 aliphatic heterocycles. The minimum atomic E-state index is 0.469. The lowest BCUT2D eigenvalue weighted by molar-refractivity contribution is 0.282. The molecular formula is C16H30N2O. The van der Waals surface area contributed by atoms with Gasteiger partial charge in [-0.1, -0.05) is 33.3 Å². The van der Waals surface area contributed by atoms with Gasteiger partial charge in [0.05, 0.1) is 12.9 Å². The molecule has 19 heavy (non-hydrogen) atoms. The molecule has 1 saturated heterocycles. The molecule has 1 heterocycles. The van der Waals surface area contributed by atoms with E-state index in [1.54, 1.807) is 7.11 Å². The zero-order chi connectivity index (χ0) is 14.3. The van der Waals surface area contributed by atoms with E-state index in [2.05, 4.69) is 30.6 Å². The van der Waals surface area contributed by atoms with E-state index in [1.165, 1.54) is 31.3 Å². The Balaban J connectivity index is 2.75. The van der Waals surface area contributed by atoms with Gasteiger partial charge in [-0.3, -0.25) is 0 Å². The zero-order valence-corrected chi connectivity index (χ0v) is 13.1. The maximum atomic E-state index is 5.44. The molecule has 1 N–H and O–H groups in total. The first-order valence-electron chi connectivity index (χ1n) is 7.47. The van der Waals surface area contributed by atoms with E-state index >= 15 is 0 Å². The Morgan fingerprint density at radius 3 is 2.26 bits per heavy atom. The van der Waals surface area contributed by atoms with Gasteiger partial charge in [0.1, 0.15) is 0 Å². The summed E-state index contributed by atoms with van der Waals surface area (Å²) in [6.45, 7) is 13.7. The fourth-order valence-electron chi connectivity index (χ4n) is 2.39. The van der Waals surface area contributed by atoms with Crippen LogP contribution in [0.15, 0.2) is 23.6 Å². The zero-order valence-electron chi connectivity index (χ0n) is 13.1. The van der Waals surface area contributed by atoms with Crippen LogP contribution < -0.4 is 5.32 Å². The van der Waals surface area contributed by atoms with E-state index < -0.39 is 0 Å². The number of nitrogens with zero attached hydrogens (tertiary/aromatic N) is 1. The summed E-state index contributed by atoms with van der Waals surface area (Å²) < 4.78 is 5.44. The third-order valence-corrected chi connectivity index (χ3v) is 3.75. The van der Waals surface area contributed by atoms with Gasteiger partial charge in [-0.2, -0.15) is 0 Å². The number of rotatable bonds is 6. The predicted molar refractivity (Wildman–Crippen MR) is 82.0 cm³/mol. The molecule has 0 spiro atoms. The van der Waals surface area contributed by atoms with E-state index in [1.807, 2.05) is 6.92 Å². The highest BCUT2D eigenvalue weighted by Gasteiger charge is 2.16. The number of likely N-dealkylation sites (tertiary alicyclic amines) is 1. The SMILES string of the molecule is C=C(/C(CNC(C)C)=C(\C)OC)N1CCCCCC1. The maximum Gasteiger partial charge on any atom is 0.0989 e. The summed E-state index contributed by atoms with van der Waals surface area (Å²) in [7, 11) is 1.74. The van der Waals surface area contributed by atoms with Gasteiger partial charge in [-0.05, 0) is 19.8 Å². The van der Waals surface area contributed by atoms with Crippen molar-refractivity contribution in [3.05, 3.63) is 23.6 Å². The second-order valence-corrected chi connectivity index (χ2v) is 5.62. The molecule has 3 heteroatoms. The van der Waals surface area contributed by atoms with Gasteiger partial charge in [0, 0.05) is 36.9 Å². The summed E-state index contributed by atoms with van der Waals surface area (Å²) in [5, 5.41) is 3.47. The lowest BCUT2D eigenvalue weighted by Crippen LogP contribution is -2.31. The maximum absolute atomic E-state index is 5.44. The molecule has 0 radical (unpaired) electrons. The van der Waals surface area contributed by atoms with Crippen molar-refractivity contribution >= 4 is 0 Å². The number of ether oxygens (including phenoxy) is 1. The van der Waals surface area contributed by atoms with Gasteiger partial charge in [-0.25, -0.2) is 0 Å². The third-order valence-electron chi connectivity index (χ3n) is 3.75. The Morgan fingerprint density at radius 1 is 1.21 bits per heavy atom. The summed E-state index contributed by atoms with van der Waals surface area (Å²) in [6.07, 6.45) is 5.23. The molecular weight excluding hydrogens is 236 g/mol. The number of hydrogen-bond acceptors (Lipinski definition) is 3. The molecule has 0 amide bonds. The Morgan fingerprint density at radius 2 is 1.79 bits per heavy atom. The van der Waals surface area contributed by atoms with E-state index in [0.717, 1.165) is 31.1 Å². The van der Waals surface area contributed by atoms with Crippen LogP contribution >= 0.6 is 0 Å². The van der Waals surface area contributed by atoms with Crippen LogP contribution in [0.1, 0.15) is 46.5 Å². The first-order valence-corrected chi connectivity index (χ1v) is 7.47. The lowest BCUT2D eigenvalue weighted by atomic mass is 10.1. The lowest BCUT2D eigenvalue weighted by Gasteiger charge is -2.28. The number of hydrogen-bond donors (Lipinski definition) is 1. The van der Waals surface area contributed by atoms with Crippen molar-refractivity contribution in [2.45, 2.75) is 52.5 Å². The Labute approximate surface area is 118 Å². The Bertz CT molecular complexity index is 313. The second-order valence-electron chi connectivity index (χ2n) is 5.62. The van der Waals surface area contributed by atoms with Crippen LogP contribution in [-0.2, 0) is 4.74 Å². The Hall–Kier alpha value is -0.960. The number of methoxy groups -OCH3 is 1. The van der Waals surface area contributed by atoms with E-state index in [0.29, 0.717) is 6.04 Å². The molecule has 1 rings (SSSR count). The third kappa shape index (κ3) is 5.27. The van der Waals surface area contributed by atoms with E-state index in [-0.39, 0.29) is 0 Å². The monoisotopic (exact) mass is 266 g/mol. The van der Waals surface area contributed by atoms with Crippen LogP contribution in [-0.4, -0.2) is 37.7 Å². The van der Waals surface area contributed by atoms with Crippen molar-refractivity contribution in [3.63, 3.8) is 0 Å². The average Bonchev–Trinajstić information content (AvgIpc) is 2.66. The van der Waals surface area contributed by atoms with Crippen LogP contribution in [0.5, 0.6) is 0 Å². The molecule has 0 atom stereocenters. The van der Waals surface area contributed by atoms with Crippen molar-refractivity contribution in [3.8, 4) is 0 Å². The summed E-state index contributed by atoms with van der Waals surface area (Å²) in [4.78, 5) is 2.42. The van der Waals surface area contributed by atoms with Crippen LogP contribution in [0, 0.1) is 0 Å². The van der Waals surface area contributed by atoms with Crippen LogP contribution in [0.3, 0.4) is 0 Å². The van der Waals surface area contributed by atoms with Gasteiger partial charge in [0.15, 0.2) is 0 Å². The largest absolute Gasteiger partial charge is 0.501 e. The molecule has 0 aliphatic carbocycles. The average molecular weight is 266 g/mol. The minimum absolute atomic E-state index is 0.469. The van der Waals surface area contributed by atoms with Gasteiger partial charge < -0.3 is 15.0 Å². The topological polar surface area (TPSA) is 24.5 Å². The highest BCUT2D eigenvalue weighted by molar-refractivity contribution is 5.31. The van der Waals surface area contributed by atoms with Gasteiger partial charge >= 0.3 is 0 Å². The standard InChI is InChI=1S/C16H30N2O/c1-13(2)17-12-16(15(4)19-5)14(3)18-10-8-6-7-9-11-18/h13,17H,3,6-12H2,1-2,4-5H3/b16-15+. The highest BCUT2D eigenvalue weighted by atomic mass is 16.5. The Kier molecular flexibility index (Phi) is 7.00. The molecule has 0 unspecified atom stereocenters. The second kappa shape index (κ2) is 8.26. The van der Waals surface area contributed by atoms with Crippen molar-refractivity contribution in [2.75, 3.05) is 26.7 Å². The van der Waals surface area contributed by atoms with Crippen LogP contribution in [0.2, 0.25) is 0 Å². The number of nitrogens with one attached hydrogen (secondary N) is 1. The molecule has 110 valence electrons. The smallest absolute Gasteiger partial charge is 0.0989 e.